The van der Waals surface area contributed by atoms with Crippen LogP contribution in [0.15, 0.2) is 42.5 Å². The predicted molar refractivity (Wildman–Crippen MR) is 144 cm³/mol. The van der Waals surface area contributed by atoms with Gasteiger partial charge in [-0.3, -0.25) is 0 Å². The normalized spacial score (nSPS) is 17.9. The van der Waals surface area contributed by atoms with Crippen molar-refractivity contribution >= 4 is 28.8 Å². The van der Waals surface area contributed by atoms with E-state index in [0.29, 0.717) is 12.5 Å². The van der Waals surface area contributed by atoms with Crippen molar-refractivity contribution in [3.63, 3.8) is 0 Å². The smallest absolute Gasteiger partial charge is 0.407 e. The Hall–Kier alpha value is -3.55. The van der Waals surface area contributed by atoms with Gasteiger partial charge < -0.3 is 25.4 Å². The maximum absolute atomic E-state index is 12.5. The largest absolute Gasteiger partial charge is 0.497 e. The second-order valence-corrected chi connectivity index (χ2v) is 10.4. The number of carbonyl (C=O) groups excluding carboxylic acids is 1. The van der Waals surface area contributed by atoms with E-state index >= 15 is 0 Å². The second-order valence-electron chi connectivity index (χ2n) is 10.4. The first kappa shape index (κ1) is 25.5. The number of rotatable bonds is 7. The molecule has 8 heteroatoms. The molecule has 1 heterocycles. The van der Waals surface area contributed by atoms with Gasteiger partial charge in [0.25, 0.3) is 0 Å². The zero-order chi connectivity index (χ0) is 25.7. The molecular weight excluding hydrogens is 454 g/mol. The van der Waals surface area contributed by atoms with Gasteiger partial charge in [-0.1, -0.05) is 36.6 Å². The molecule has 1 amide bonds. The first-order valence-electron chi connectivity index (χ1n) is 12.6. The van der Waals surface area contributed by atoms with Crippen LogP contribution in [0.2, 0.25) is 0 Å². The summed E-state index contributed by atoms with van der Waals surface area (Å²) in [5.74, 6) is 2.14. The van der Waals surface area contributed by atoms with Crippen LogP contribution in [0.5, 0.6) is 5.75 Å². The second kappa shape index (κ2) is 11.0. The summed E-state index contributed by atoms with van der Waals surface area (Å²) in [4.78, 5) is 22.1. The topological polar surface area (TPSA) is 97.4 Å². The number of nitrogens with one attached hydrogen (secondary N) is 3. The summed E-state index contributed by atoms with van der Waals surface area (Å²) in [6.07, 6.45) is 3.60. The summed E-state index contributed by atoms with van der Waals surface area (Å²) >= 11 is 0. The van der Waals surface area contributed by atoms with Crippen LogP contribution in [0, 0.1) is 6.92 Å². The molecule has 192 valence electrons. The van der Waals surface area contributed by atoms with Gasteiger partial charge in [0.15, 0.2) is 0 Å². The zero-order valence-corrected chi connectivity index (χ0v) is 21.9. The van der Waals surface area contributed by atoms with Gasteiger partial charge in [0.1, 0.15) is 17.2 Å². The molecule has 0 bridgehead atoms. The van der Waals surface area contributed by atoms with E-state index in [0.717, 1.165) is 59.3 Å². The predicted octanol–water partition coefficient (Wildman–Crippen LogP) is 5.81. The molecular formula is C28H37N5O3. The molecule has 1 fully saturated rings. The summed E-state index contributed by atoms with van der Waals surface area (Å²) in [5.41, 5.74) is 2.57. The van der Waals surface area contributed by atoms with Gasteiger partial charge in [-0.2, -0.15) is 4.98 Å². The maximum Gasteiger partial charge on any atom is 0.407 e. The van der Waals surface area contributed by atoms with Crippen molar-refractivity contribution < 1.29 is 14.3 Å². The van der Waals surface area contributed by atoms with Crippen molar-refractivity contribution in [1.29, 1.82) is 0 Å². The molecule has 2 aromatic carbocycles. The van der Waals surface area contributed by atoms with Crippen molar-refractivity contribution in [2.45, 2.75) is 77.6 Å². The molecule has 3 N–H and O–H groups in total. The molecule has 0 radical (unpaired) electrons. The fraction of sp³-hybridized carbons (Fsp3) is 0.464. The molecule has 1 aliphatic rings. The molecule has 2 unspecified atom stereocenters. The average Bonchev–Trinajstić information content (AvgIpc) is 2.83. The molecule has 8 nitrogen and oxygen atoms in total. The van der Waals surface area contributed by atoms with Gasteiger partial charge in [0, 0.05) is 18.0 Å². The number of carbonyl (C=O) groups is 1. The van der Waals surface area contributed by atoms with Crippen molar-refractivity contribution in [2.75, 3.05) is 17.7 Å². The van der Waals surface area contributed by atoms with Crippen LogP contribution in [0.4, 0.5) is 16.6 Å². The SMILES string of the molecule is COc1ccc(CNc2nc(NC3CCCCC3NC(=O)OC(C)(C)C)c3cc(C)ccc3n2)cc1. The lowest BCUT2D eigenvalue weighted by Gasteiger charge is -2.34. The molecule has 36 heavy (non-hydrogen) atoms. The Morgan fingerprint density at radius 1 is 1.03 bits per heavy atom. The van der Waals surface area contributed by atoms with E-state index in [4.69, 9.17) is 19.4 Å². The van der Waals surface area contributed by atoms with Crippen LogP contribution in [0.25, 0.3) is 10.9 Å². The lowest BCUT2D eigenvalue weighted by molar-refractivity contribution is 0.0488. The number of alkyl carbamates (subject to hydrolysis) is 1. The van der Waals surface area contributed by atoms with Crippen LogP contribution in [0.3, 0.4) is 0 Å². The Kier molecular flexibility index (Phi) is 7.82. The highest BCUT2D eigenvalue weighted by molar-refractivity contribution is 5.90. The number of anilines is 2. The van der Waals surface area contributed by atoms with Crippen LogP contribution in [0.1, 0.15) is 57.6 Å². The molecule has 1 aromatic heterocycles. The maximum atomic E-state index is 12.5. The lowest BCUT2D eigenvalue weighted by Crippen LogP contribution is -2.49. The highest BCUT2D eigenvalue weighted by Gasteiger charge is 2.29. The lowest BCUT2D eigenvalue weighted by atomic mass is 9.90. The standard InChI is InChI=1S/C28H37N5O3/c1-18-10-15-22-21(16-18)25(33-26(31-22)29-17-19-11-13-20(35-5)14-12-19)30-23-8-6-7-9-24(23)32-27(34)36-28(2,3)4/h10-16,23-24H,6-9,17H2,1-5H3,(H,32,34)(H2,29,30,31,33). The molecule has 1 saturated carbocycles. The summed E-state index contributed by atoms with van der Waals surface area (Å²) in [6, 6.07) is 14.1. The quantitative estimate of drug-likeness (QED) is 0.384. The molecule has 4 rings (SSSR count). The monoisotopic (exact) mass is 491 g/mol. The number of methoxy groups -OCH3 is 1. The van der Waals surface area contributed by atoms with Gasteiger partial charge in [-0.05, 0) is 70.4 Å². The number of ether oxygens (including phenoxy) is 2. The van der Waals surface area contributed by atoms with Gasteiger partial charge in [-0.15, -0.1) is 0 Å². The number of hydrogen-bond acceptors (Lipinski definition) is 7. The molecule has 1 aliphatic carbocycles. The van der Waals surface area contributed by atoms with Gasteiger partial charge >= 0.3 is 6.09 Å². The fourth-order valence-corrected chi connectivity index (χ4v) is 4.47. The van der Waals surface area contributed by atoms with Crippen LogP contribution in [-0.2, 0) is 11.3 Å². The van der Waals surface area contributed by atoms with E-state index < -0.39 is 5.60 Å². The number of aromatic nitrogens is 2. The Morgan fingerprint density at radius 3 is 2.44 bits per heavy atom. The number of amides is 1. The first-order chi connectivity index (χ1) is 17.2. The minimum absolute atomic E-state index is 0.0410. The van der Waals surface area contributed by atoms with E-state index in [1.165, 1.54) is 0 Å². The fourth-order valence-electron chi connectivity index (χ4n) is 4.47. The summed E-state index contributed by atoms with van der Waals surface area (Å²) in [6.45, 7) is 8.27. The Balaban J connectivity index is 1.55. The van der Waals surface area contributed by atoms with Crippen molar-refractivity contribution in [1.82, 2.24) is 15.3 Å². The third-order valence-electron chi connectivity index (χ3n) is 6.25. The first-order valence-corrected chi connectivity index (χ1v) is 12.6. The van der Waals surface area contributed by atoms with E-state index in [9.17, 15) is 4.79 Å². The minimum atomic E-state index is -0.535. The number of aryl methyl sites for hydroxylation is 1. The van der Waals surface area contributed by atoms with Crippen LogP contribution < -0.4 is 20.7 Å². The van der Waals surface area contributed by atoms with E-state index in [-0.39, 0.29) is 18.2 Å². The Morgan fingerprint density at radius 2 is 1.75 bits per heavy atom. The van der Waals surface area contributed by atoms with Crippen molar-refractivity contribution in [2.24, 2.45) is 0 Å². The van der Waals surface area contributed by atoms with Crippen molar-refractivity contribution in [3.8, 4) is 5.75 Å². The van der Waals surface area contributed by atoms with E-state index in [1.54, 1.807) is 7.11 Å². The summed E-state index contributed by atoms with van der Waals surface area (Å²) < 4.78 is 10.8. The van der Waals surface area contributed by atoms with Crippen LogP contribution in [-0.4, -0.2) is 40.9 Å². The summed E-state index contributed by atoms with van der Waals surface area (Å²) in [7, 11) is 1.66. The highest BCUT2D eigenvalue weighted by Crippen LogP contribution is 2.28. The molecule has 0 spiro atoms. The molecule has 0 saturated heterocycles. The van der Waals surface area contributed by atoms with E-state index in [1.807, 2.05) is 51.1 Å². The van der Waals surface area contributed by atoms with Gasteiger partial charge in [-0.25, -0.2) is 9.78 Å². The number of fused-ring (bicyclic) bond motifs is 1. The van der Waals surface area contributed by atoms with Crippen molar-refractivity contribution in [3.05, 3.63) is 53.6 Å². The molecule has 3 aromatic rings. The Bertz CT molecular complexity index is 1190. The highest BCUT2D eigenvalue weighted by atomic mass is 16.6. The summed E-state index contributed by atoms with van der Waals surface area (Å²) in [5, 5.41) is 11.1. The van der Waals surface area contributed by atoms with Crippen LogP contribution >= 0.6 is 0 Å². The zero-order valence-electron chi connectivity index (χ0n) is 21.9. The minimum Gasteiger partial charge on any atom is -0.497 e. The Labute approximate surface area is 213 Å². The number of hydrogen-bond donors (Lipinski definition) is 3. The third-order valence-corrected chi connectivity index (χ3v) is 6.25. The third kappa shape index (κ3) is 6.77. The molecule has 0 aliphatic heterocycles. The average molecular weight is 492 g/mol. The molecule has 2 atom stereocenters. The van der Waals surface area contributed by atoms with E-state index in [2.05, 4.69) is 35.0 Å². The van der Waals surface area contributed by atoms with Gasteiger partial charge in [0.05, 0.1) is 18.7 Å². The number of benzene rings is 2. The number of nitrogens with zero attached hydrogens (tertiary/aromatic N) is 2. The van der Waals surface area contributed by atoms with Gasteiger partial charge in [0.2, 0.25) is 5.95 Å².